The van der Waals surface area contributed by atoms with E-state index in [0.717, 1.165) is 0 Å². The molecule has 2 heterocycles. The van der Waals surface area contributed by atoms with Gasteiger partial charge >= 0.3 is 7.60 Å². The molecule has 18 heavy (non-hydrogen) atoms. The van der Waals surface area contributed by atoms with Crippen molar-refractivity contribution in [1.29, 1.82) is 0 Å². The number of hydrogen-bond donors (Lipinski definition) is 4. The zero-order valence-corrected chi connectivity index (χ0v) is 10.8. The highest BCUT2D eigenvalue weighted by atomic mass is 31.2. The molecular formula is C10H19O7P. The van der Waals surface area contributed by atoms with E-state index in [1.807, 2.05) is 0 Å². The lowest BCUT2D eigenvalue weighted by molar-refractivity contribution is -0.188. The molecule has 0 aromatic carbocycles. The maximum Gasteiger partial charge on any atom is 0.331 e. The van der Waals surface area contributed by atoms with Crippen molar-refractivity contribution in [1.82, 2.24) is 0 Å². The summed E-state index contributed by atoms with van der Waals surface area (Å²) < 4.78 is 21.9. The van der Waals surface area contributed by atoms with Crippen LogP contribution in [0.15, 0.2) is 0 Å². The average Bonchev–Trinajstić information content (AvgIpc) is 2.32. The Morgan fingerprint density at radius 2 is 1.94 bits per heavy atom. The first kappa shape index (κ1) is 14.4. The summed E-state index contributed by atoms with van der Waals surface area (Å²) in [6.07, 6.45) is -3.07. The normalized spacial score (nSPS) is 50.1. The van der Waals surface area contributed by atoms with Gasteiger partial charge in [-0.15, -0.1) is 0 Å². The van der Waals surface area contributed by atoms with Crippen LogP contribution in [0.25, 0.3) is 0 Å². The van der Waals surface area contributed by atoms with Crippen molar-refractivity contribution in [3.63, 3.8) is 0 Å². The van der Waals surface area contributed by atoms with Crippen LogP contribution in [0.2, 0.25) is 0 Å². The molecule has 106 valence electrons. The monoisotopic (exact) mass is 282 g/mol. The molecule has 2 saturated heterocycles. The van der Waals surface area contributed by atoms with Gasteiger partial charge in [0.25, 0.3) is 0 Å². The van der Waals surface area contributed by atoms with Gasteiger partial charge in [0.1, 0.15) is 18.3 Å². The summed E-state index contributed by atoms with van der Waals surface area (Å²) in [7, 11) is -3.66. The first-order chi connectivity index (χ1) is 8.42. The minimum atomic E-state index is -3.66. The van der Waals surface area contributed by atoms with E-state index in [-0.39, 0.29) is 19.6 Å². The van der Waals surface area contributed by atoms with Crippen molar-refractivity contribution in [3.05, 3.63) is 0 Å². The number of aliphatic hydroxyl groups is 3. The van der Waals surface area contributed by atoms with Crippen molar-refractivity contribution in [3.8, 4) is 0 Å². The fourth-order valence-corrected chi connectivity index (χ4v) is 3.96. The van der Waals surface area contributed by atoms with E-state index < -0.39 is 37.7 Å². The Balaban J connectivity index is 1.98. The highest BCUT2D eigenvalue weighted by molar-refractivity contribution is 7.53. The molecule has 8 heteroatoms. The van der Waals surface area contributed by atoms with Crippen molar-refractivity contribution < 1.29 is 34.0 Å². The summed E-state index contributed by atoms with van der Waals surface area (Å²) in [5.74, 6) is 0. The molecule has 0 bridgehead atoms. The summed E-state index contributed by atoms with van der Waals surface area (Å²) >= 11 is 0. The Morgan fingerprint density at radius 1 is 1.22 bits per heavy atom. The Bertz CT molecular complexity index is 336. The van der Waals surface area contributed by atoms with Crippen LogP contribution >= 0.6 is 7.60 Å². The molecular weight excluding hydrogens is 263 g/mol. The number of rotatable bonds is 2. The molecule has 2 aliphatic rings. The molecule has 0 aliphatic carbocycles. The van der Waals surface area contributed by atoms with Crippen LogP contribution in [-0.4, -0.2) is 63.5 Å². The summed E-state index contributed by atoms with van der Waals surface area (Å²) in [6.45, 7) is 0.173. The lowest BCUT2D eigenvalue weighted by Crippen LogP contribution is -2.53. The number of ether oxygens (including phenoxy) is 1. The zero-order valence-electron chi connectivity index (χ0n) is 9.88. The molecule has 0 saturated carbocycles. The predicted octanol–water partition coefficient (Wildman–Crippen LogP) is -0.778. The minimum absolute atomic E-state index is 0.0911. The Labute approximate surface area is 105 Å². The van der Waals surface area contributed by atoms with E-state index in [9.17, 15) is 24.8 Å². The molecule has 2 rings (SSSR count). The highest BCUT2D eigenvalue weighted by Crippen LogP contribution is 2.54. The third-order valence-corrected chi connectivity index (χ3v) is 5.47. The van der Waals surface area contributed by atoms with Gasteiger partial charge in [0.05, 0.1) is 25.0 Å². The van der Waals surface area contributed by atoms with E-state index in [4.69, 9.17) is 9.26 Å². The fraction of sp³-hybridized carbons (Fsp3) is 1.00. The van der Waals surface area contributed by atoms with E-state index >= 15 is 0 Å². The topological polar surface area (TPSA) is 116 Å². The lowest BCUT2D eigenvalue weighted by atomic mass is 9.96. The van der Waals surface area contributed by atoms with E-state index in [1.165, 1.54) is 0 Å². The first-order valence-corrected chi connectivity index (χ1v) is 7.69. The van der Waals surface area contributed by atoms with Crippen molar-refractivity contribution in [2.45, 2.75) is 49.3 Å². The second-order valence-corrected chi connectivity index (χ2v) is 6.97. The first-order valence-electron chi connectivity index (χ1n) is 6.04. The smallest absolute Gasteiger partial charge is 0.331 e. The molecule has 0 spiro atoms. The highest BCUT2D eigenvalue weighted by Gasteiger charge is 2.43. The van der Waals surface area contributed by atoms with E-state index in [0.29, 0.717) is 12.8 Å². The quantitative estimate of drug-likeness (QED) is 0.491. The lowest BCUT2D eigenvalue weighted by Gasteiger charge is -2.38. The van der Waals surface area contributed by atoms with Gasteiger partial charge in [-0.25, -0.2) is 0 Å². The summed E-state index contributed by atoms with van der Waals surface area (Å²) in [5, 5.41) is 28.6. The van der Waals surface area contributed by atoms with Crippen molar-refractivity contribution in [2.75, 3.05) is 13.2 Å². The van der Waals surface area contributed by atoms with Gasteiger partial charge in [0.15, 0.2) is 0 Å². The van der Waals surface area contributed by atoms with Crippen LogP contribution in [0.3, 0.4) is 0 Å². The van der Waals surface area contributed by atoms with Crippen LogP contribution in [0.5, 0.6) is 0 Å². The third-order valence-electron chi connectivity index (χ3n) is 3.53. The van der Waals surface area contributed by atoms with E-state index in [2.05, 4.69) is 0 Å². The summed E-state index contributed by atoms with van der Waals surface area (Å²) in [4.78, 5) is 9.65. The van der Waals surface area contributed by atoms with Crippen LogP contribution in [0.4, 0.5) is 0 Å². The standard InChI is InChI=1S/C10H19O7P/c11-7-5-16-8(10(13)9(7)12)4-6-2-1-3-17-18(6,14)15/h6-13H,1-5H2,(H,14,15)/t6?,7-,8-,9-,10-/m1/s1. The van der Waals surface area contributed by atoms with Crippen LogP contribution in [0, 0.1) is 0 Å². The Hall–Kier alpha value is -0.0100. The van der Waals surface area contributed by atoms with Gasteiger partial charge in [-0.3, -0.25) is 4.57 Å². The second kappa shape index (κ2) is 5.54. The van der Waals surface area contributed by atoms with Gasteiger partial charge in [-0.1, -0.05) is 0 Å². The molecule has 0 amide bonds. The molecule has 0 aromatic heterocycles. The second-order valence-electron chi connectivity index (χ2n) is 4.85. The van der Waals surface area contributed by atoms with Gasteiger partial charge in [0, 0.05) is 0 Å². The van der Waals surface area contributed by atoms with E-state index in [1.54, 1.807) is 0 Å². The molecule has 4 N–H and O–H groups in total. The molecule has 0 aromatic rings. The number of hydrogen-bond acceptors (Lipinski definition) is 6. The molecule has 6 atom stereocenters. The fourth-order valence-electron chi connectivity index (χ4n) is 2.38. The van der Waals surface area contributed by atoms with Crippen LogP contribution in [0.1, 0.15) is 19.3 Å². The van der Waals surface area contributed by atoms with Crippen LogP contribution < -0.4 is 0 Å². The summed E-state index contributed by atoms with van der Waals surface area (Å²) in [5.41, 5.74) is -0.589. The largest absolute Gasteiger partial charge is 0.388 e. The maximum atomic E-state index is 11.8. The molecule has 0 radical (unpaired) electrons. The van der Waals surface area contributed by atoms with Gasteiger partial charge in [-0.2, -0.15) is 0 Å². The average molecular weight is 282 g/mol. The molecule has 2 fully saturated rings. The molecule has 2 aliphatic heterocycles. The number of aliphatic hydroxyl groups excluding tert-OH is 3. The zero-order chi connectivity index (χ0) is 13.3. The Kier molecular flexibility index (Phi) is 4.44. The van der Waals surface area contributed by atoms with Gasteiger partial charge in [-0.05, 0) is 19.3 Å². The van der Waals surface area contributed by atoms with Crippen molar-refractivity contribution >= 4 is 7.60 Å². The van der Waals surface area contributed by atoms with Gasteiger partial charge in [0.2, 0.25) is 0 Å². The van der Waals surface area contributed by atoms with Crippen LogP contribution in [-0.2, 0) is 13.8 Å². The minimum Gasteiger partial charge on any atom is -0.388 e. The van der Waals surface area contributed by atoms with Gasteiger partial charge < -0.3 is 29.5 Å². The van der Waals surface area contributed by atoms with Crippen molar-refractivity contribution in [2.24, 2.45) is 0 Å². The SMILES string of the molecule is O=P1(O)OCCCC1C[C@H]1OC[C@@H](O)[C@@H](O)[C@@H]1O. The summed E-state index contributed by atoms with van der Waals surface area (Å²) in [6, 6.07) is 0. The molecule has 2 unspecified atom stereocenters. The third kappa shape index (κ3) is 2.93. The maximum absolute atomic E-state index is 11.8. The Morgan fingerprint density at radius 3 is 2.61 bits per heavy atom. The molecule has 7 nitrogen and oxygen atoms in total. The predicted molar refractivity (Wildman–Crippen MR) is 61.2 cm³/mol.